The summed E-state index contributed by atoms with van der Waals surface area (Å²) in [5, 5.41) is 0. The van der Waals surface area contributed by atoms with Crippen LogP contribution < -0.4 is 11.5 Å². The second-order valence-corrected chi connectivity index (χ2v) is 4.17. The number of rotatable bonds is 3. The van der Waals surface area contributed by atoms with Gasteiger partial charge in [-0.05, 0) is 24.5 Å². The Morgan fingerprint density at radius 3 is 2.60 bits per heavy atom. The highest BCUT2D eigenvalue weighted by Crippen LogP contribution is 2.35. The summed E-state index contributed by atoms with van der Waals surface area (Å²) in [5.74, 6) is -0.00403. The van der Waals surface area contributed by atoms with Crippen LogP contribution in [-0.2, 0) is 5.67 Å². The van der Waals surface area contributed by atoms with Gasteiger partial charge in [0.2, 0.25) is 0 Å². The van der Waals surface area contributed by atoms with Crippen LogP contribution >= 0.6 is 0 Å². The van der Waals surface area contributed by atoms with Crippen molar-refractivity contribution in [1.82, 2.24) is 4.98 Å². The molecule has 0 amide bonds. The molecule has 1 heterocycles. The summed E-state index contributed by atoms with van der Waals surface area (Å²) in [6, 6.07) is 1.72. The molecule has 1 aromatic heterocycles. The molecule has 84 valence electrons. The summed E-state index contributed by atoms with van der Waals surface area (Å²) >= 11 is 0. The van der Waals surface area contributed by atoms with E-state index in [-0.39, 0.29) is 18.3 Å². The Kier molecular flexibility index (Phi) is 3.29. The van der Waals surface area contributed by atoms with Gasteiger partial charge >= 0.3 is 0 Å². The second-order valence-electron chi connectivity index (χ2n) is 4.17. The molecular weight excluding hydrogens is 193 g/mol. The molecule has 4 heteroatoms. The van der Waals surface area contributed by atoms with E-state index >= 15 is 0 Å². The van der Waals surface area contributed by atoms with Crippen molar-refractivity contribution in [2.75, 3.05) is 12.3 Å². The van der Waals surface area contributed by atoms with Crippen molar-refractivity contribution in [2.45, 2.75) is 26.4 Å². The van der Waals surface area contributed by atoms with Crippen LogP contribution in [0, 0.1) is 12.8 Å². The van der Waals surface area contributed by atoms with Gasteiger partial charge in [0.25, 0.3) is 0 Å². The average molecular weight is 211 g/mol. The number of anilines is 1. The molecule has 0 spiro atoms. The van der Waals surface area contributed by atoms with E-state index in [1.54, 1.807) is 26.1 Å². The minimum absolute atomic E-state index is 0.0833. The van der Waals surface area contributed by atoms with E-state index < -0.39 is 5.67 Å². The van der Waals surface area contributed by atoms with E-state index in [2.05, 4.69) is 4.98 Å². The van der Waals surface area contributed by atoms with Crippen LogP contribution in [0.15, 0.2) is 12.3 Å². The molecule has 1 atom stereocenters. The minimum Gasteiger partial charge on any atom is -0.383 e. The van der Waals surface area contributed by atoms with Gasteiger partial charge in [0.05, 0.1) is 0 Å². The lowest BCUT2D eigenvalue weighted by molar-refractivity contribution is 0.110. The van der Waals surface area contributed by atoms with Crippen LogP contribution in [0.2, 0.25) is 0 Å². The van der Waals surface area contributed by atoms with Gasteiger partial charge in [0, 0.05) is 18.3 Å². The number of alkyl halides is 1. The lowest BCUT2D eigenvalue weighted by Crippen LogP contribution is -2.36. The van der Waals surface area contributed by atoms with E-state index in [1.807, 2.05) is 6.92 Å². The lowest BCUT2D eigenvalue weighted by atomic mass is 9.85. The lowest BCUT2D eigenvalue weighted by Gasteiger charge is -2.29. The molecule has 0 aliphatic rings. The summed E-state index contributed by atoms with van der Waals surface area (Å²) < 4.78 is 14.6. The molecule has 0 aliphatic carbocycles. The summed E-state index contributed by atoms with van der Waals surface area (Å²) in [4.78, 5) is 3.96. The predicted molar refractivity (Wildman–Crippen MR) is 60.1 cm³/mol. The molecule has 0 aromatic carbocycles. The first-order valence-electron chi connectivity index (χ1n) is 5.03. The van der Waals surface area contributed by atoms with E-state index in [1.165, 1.54) is 0 Å². The Bertz CT molecular complexity index is 352. The summed E-state index contributed by atoms with van der Waals surface area (Å²) in [6.07, 6.45) is 1.62. The van der Waals surface area contributed by atoms with E-state index in [4.69, 9.17) is 11.5 Å². The van der Waals surface area contributed by atoms with E-state index in [0.29, 0.717) is 5.56 Å². The van der Waals surface area contributed by atoms with Crippen LogP contribution in [0.5, 0.6) is 0 Å². The van der Waals surface area contributed by atoms with Crippen molar-refractivity contribution >= 4 is 5.82 Å². The zero-order valence-electron chi connectivity index (χ0n) is 9.42. The fraction of sp³-hybridized carbons (Fsp3) is 0.545. The number of nitrogens with zero attached hydrogens (tertiary/aromatic N) is 1. The highest BCUT2D eigenvalue weighted by molar-refractivity contribution is 5.45. The third-order valence-corrected chi connectivity index (χ3v) is 2.72. The van der Waals surface area contributed by atoms with Crippen molar-refractivity contribution in [3.63, 3.8) is 0 Å². The van der Waals surface area contributed by atoms with Gasteiger partial charge in [-0.25, -0.2) is 9.37 Å². The van der Waals surface area contributed by atoms with Gasteiger partial charge in [0.15, 0.2) is 5.67 Å². The monoisotopic (exact) mass is 211 g/mol. The Labute approximate surface area is 89.7 Å². The van der Waals surface area contributed by atoms with Gasteiger partial charge in [-0.1, -0.05) is 13.8 Å². The Morgan fingerprint density at radius 1 is 1.53 bits per heavy atom. The third-order valence-electron chi connectivity index (χ3n) is 2.72. The average Bonchev–Trinajstić information content (AvgIpc) is 2.20. The number of nitrogens with two attached hydrogens (primary N) is 2. The Morgan fingerprint density at radius 2 is 2.13 bits per heavy atom. The topological polar surface area (TPSA) is 64.9 Å². The zero-order chi connectivity index (χ0) is 11.6. The van der Waals surface area contributed by atoms with Gasteiger partial charge in [-0.2, -0.15) is 0 Å². The number of aryl methyl sites for hydroxylation is 1. The predicted octanol–water partition coefficient (Wildman–Crippen LogP) is 1.75. The molecule has 0 bridgehead atoms. The molecule has 1 aromatic rings. The van der Waals surface area contributed by atoms with E-state index in [9.17, 15) is 4.39 Å². The highest BCUT2D eigenvalue weighted by Gasteiger charge is 2.36. The third kappa shape index (κ3) is 2.09. The van der Waals surface area contributed by atoms with E-state index in [0.717, 1.165) is 5.56 Å². The summed E-state index contributed by atoms with van der Waals surface area (Å²) in [5.41, 5.74) is 10.9. The molecule has 3 nitrogen and oxygen atoms in total. The zero-order valence-corrected chi connectivity index (χ0v) is 9.42. The summed E-state index contributed by atoms with van der Waals surface area (Å²) in [7, 11) is 0. The van der Waals surface area contributed by atoms with Crippen LogP contribution in [0.1, 0.15) is 25.0 Å². The van der Waals surface area contributed by atoms with Crippen molar-refractivity contribution in [1.29, 1.82) is 0 Å². The molecule has 0 radical (unpaired) electrons. The molecule has 4 N–H and O–H groups in total. The highest BCUT2D eigenvalue weighted by atomic mass is 19.1. The standard InChI is InChI=1S/C11H18FN3/c1-7(2)11(12,6-13)9-4-8(3)5-15-10(9)14/h4-5,7H,6,13H2,1-3H3,(H2,14,15). The normalized spacial score (nSPS) is 15.3. The van der Waals surface area contributed by atoms with Crippen LogP contribution in [0.25, 0.3) is 0 Å². The second kappa shape index (κ2) is 4.14. The fourth-order valence-corrected chi connectivity index (χ4v) is 1.57. The van der Waals surface area contributed by atoms with Crippen molar-refractivity contribution in [3.8, 4) is 0 Å². The minimum atomic E-state index is -1.59. The molecule has 0 aliphatic heterocycles. The van der Waals surface area contributed by atoms with Crippen LogP contribution in [0.4, 0.5) is 10.2 Å². The molecule has 0 fully saturated rings. The van der Waals surface area contributed by atoms with Gasteiger partial charge in [-0.3, -0.25) is 0 Å². The quantitative estimate of drug-likeness (QED) is 0.800. The molecule has 1 rings (SSSR count). The van der Waals surface area contributed by atoms with Gasteiger partial charge < -0.3 is 11.5 Å². The van der Waals surface area contributed by atoms with Crippen LogP contribution in [-0.4, -0.2) is 11.5 Å². The maximum atomic E-state index is 14.6. The number of hydrogen-bond acceptors (Lipinski definition) is 3. The molecule has 15 heavy (non-hydrogen) atoms. The first kappa shape index (κ1) is 11.9. The van der Waals surface area contributed by atoms with Gasteiger partial charge in [-0.15, -0.1) is 0 Å². The maximum Gasteiger partial charge on any atom is 0.153 e. The number of pyridine rings is 1. The largest absolute Gasteiger partial charge is 0.383 e. The number of hydrogen-bond donors (Lipinski definition) is 2. The summed E-state index contributed by atoms with van der Waals surface area (Å²) in [6.45, 7) is 5.34. The number of nitrogen functional groups attached to an aromatic ring is 1. The number of aromatic nitrogens is 1. The smallest absolute Gasteiger partial charge is 0.153 e. The Hall–Kier alpha value is -1.16. The van der Waals surface area contributed by atoms with Crippen molar-refractivity contribution < 1.29 is 4.39 Å². The fourth-order valence-electron chi connectivity index (χ4n) is 1.57. The number of halogens is 1. The Balaban J connectivity index is 3.29. The van der Waals surface area contributed by atoms with Gasteiger partial charge in [0.1, 0.15) is 5.82 Å². The van der Waals surface area contributed by atoms with Crippen LogP contribution in [0.3, 0.4) is 0 Å². The first-order chi connectivity index (χ1) is 6.91. The maximum absolute atomic E-state index is 14.6. The first-order valence-corrected chi connectivity index (χ1v) is 5.03. The molecule has 0 saturated heterocycles. The molecular formula is C11H18FN3. The van der Waals surface area contributed by atoms with Crippen molar-refractivity contribution in [2.24, 2.45) is 11.7 Å². The SMILES string of the molecule is Cc1cnc(N)c(C(F)(CN)C(C)C)c1. The molecule has 0 saturated carbocycles. The van der Waals surface area contributed by atoms with Crippen molar-refractivity contribution in [3.05, 3.63) is 23.4 Å². The molecule has 1 unspecified atom stereocenters.